The Balaban J connectivity index is 1.69. The molecule has 2 atom stereocenters. The molecule has 2 aliphatic rings. The van der Waals surface area contributed by atoms with E-state index in [9.17, 15) is 14.7 Å². The van der Waals surface area contributed by atoms with Crippen molar-refractivity contribution < 1.29 is 28.2 Å². The molecular weight excluding hydrogens is 524 g/mol. The van der Waals surface area contributed by atoms with Crippen molar-refractivity contribution in [1.82, 2.24) is 0 Å². The molecule has 0 amide bonds. The molecule has 2 aliphatic heterocycles. The van der Waals surface area contributed by atoms with Crippen LogP contribution in [0.4, 0.5) is 0 Å². The summed E-state index contributed by atoms with van der Waals surface area (Å²) < 4.78 is 30.9. The second-order valence-corrected chi connectivity index (χ2v) is 12.2. The number of ether oxygens (including phenoxy) is 3. The standard InChI is InChI=1S/C33H32O8/c1-8-31(2,3)24-27-18(11-14-22(35)38-27)26(19-15-16-32(4,5)41-28(19)24)39-29-23-20(40-33(6,7)30(29)36)12-9-17-10-13-21(34)37-25(17)23/h8-16,29-30,36H,1H2,2-7H3. The number of aliphatic hydroxyl groups excluding tert-OH is 1. The van der Waals surface area contributed by atoms with Gasteiger partial charge in [-0.2, -0.15) is 0 Å². The first-order valence-electron chi connectivity index (χ1n) is 13.5. The van der Waals surface area contributed by atoms with Crippen LogP contribution in [0.5, 0.6) is 17.2 Å². The van der Waals surface area contributed by atoms with Gasteiger partial charge in [0, 0.05) is 28.5 Å². The van der Waals surface area contributed by atoms with Crippen LogP contribution in [0.1, 0.15) is 64.3 Å². The van der Waals surface area contributed by atoms with Gasteiger partial charge in [-0.25, -0.2) is 9.59 Å². The summed E-state index contributed by atoms with van der Waals surface area (Å²) in [5.74, 6) is 1.26. The Labute approximate surface area is 236 Å². The highest BCUT2D eigenvalue weighted by atomic mass is 16.5. The van der Waals surface area contributed by atoms with E-state index >= 15 is 0 Å². The Kier molecular flexibility index (Phi) is 5.81. The molecule has 0 saturated heterocycles. The van der Waals surface area contributed by atoms with Gasteiger partial charge in [0.1, 0.15) is 45.7 Å². The number of benzene rings is 2. The fourth-order valence-electron chi connectivity index (χ4n) is 5.53. The molecule has 0 radical (unpaired) electrons. The molecule has 2 aromatic carbocycles. The van der Waals surface area contributed by atoms with E-state index in [0.29, 0.717) is 50.3 Å². The zero-order valence-corrected chi connectivity index (χ0v) is 23.9. The lowest BCUT2D eigenvalue weighted by molar-refractivity contribution is -0.102. The molecule has 2 aromatic heterocycles. The highest BCUT2D eigenvalue weighted by Crippen LogP contribution is 2.52. The largest absolute Gasteiger partial charge is 0.484 e. The molecule has 4 heterocycles. The number of allylic oxidation sites excluding steroid dienone is 1. The van der Waals surface area contributed by atoms with Crippen molar-refractivity contribution in [1.29, 1.82) is 0 Å². The molecule has 6 rings (SSSR count). The van der Waals surface area contributed by atoms with Gasteiger partial charge in [-0.1, -0.05) is 19.9 Å². The molecule has 0 saturated carbocycles. The average Bonchev–Trinajstić information content (AvgIpc) is 2.89. The van der Waals surface area contributed by atoms with Crippen LogP contribution in [0.2, 0.25) is 0 Å². The van der Waals surface area contributed by atoms with E-state index in [1.165, 1.54) is 12.1 Å². The van der Waals surface area contributed by atoms with E-state index in [1.807, 2.05) is 39.8 Å². The Morgan fingerprint density at radius 3 is 2.32 bits per heavy atom. The van der Waals surface area contributed by atoms with Gasteiger partial charge in [0.15, 0.2) is 6.10 Å². The van der Waals surface area contributed by atoms with Gasteiger partial charge in [-0.15, -0.1) is 6.58 Å². The maximum atomic E-state index is 12.5. The summed E-state index contributed by atoms with van der Waals surface area (Å²) in [7, 11) is 0. The second kappa shape index (κ2) is 8.85. The van der Waals surface area contributed by atoms with Gasteiger partial charge in [-0.05, 0) is 64.1 Å². The van der Waals surface area contributed by atoms with Crippen molar-refractivity contribution in [3.8, 4) is 17.2 Å². The first-order chi connectivity index (χ1) is 19.2. The maximum Gasteiger partial charge on any atom is 0.336 e. The normalized spacial score (nSPS) is 20.6. The molecule has 0 spiro atoms. The molecule has 2 unspecified atom stereocenters. The fraction of sp³-hybridized carbons (Fsp3) is 0.333. The van der Waals surface area contributed by atoms with Gasteiger partial charge in [0.25, 0.3) is 0 Å². The van der Waals surface area contributed by atoms with Crippen LogP contribution in [-0.2, 0) is 5.41 Å². The first-order valence-corrected chi connectivity index (χ1v) is 13.5. The third-order valence-electron chi connectivity index (χ3n) is 7.88. The van der Waals surface area contributed by atoms with Crippen LogP contribution in [0, 0.1) is 0 Å². The van der Waals surface area contributed by atoms with Crippen LogP contribution in [-0.4, -0.2) is 22.4 Å². The average molecular weight is 557 g/mol. The number of rotatable bonds is 4. The minimum atomic E-state index is -1.18. The Morgan fingerprint density at radius 2 is 1.61 bits per heavy atom. The molecular formula is C33H32O8. The third kappa shape index (κ3) is 4.25. The maximum absolute atomic E-state index is 12.5. The minimum Gasteiger partial charge on any atom is -0.484 e. The third-order valence-corrected chi connectivity index (χ3v) is 7.88. The first kappa shape index (κ1) is 26.9. The van der Waals surface area contributed by atoms with E-state index in [1.54, 1.807) is 44.2 Å². The van der Waals surface area contributed by atoms with Crippen LogP contribution >= 0.6 is 0 Å². The molecule has 0 aliphatic carbocycles. The van der Waals surface area contributed by atoms with Crippen molar-refractivity contribution in [2.45, 2.75) is 70.4 Å². The summed E-state index contributed by atoms with van der Waals surface area (Å²) in [6.45, 7) is 15.3. The lowest BCUT2D eigenvalue weighted by Crippen LogP contribution is -2.50. The lowest BCUT2D eigenvalue weighted by atomic mass is 9.80. The van der Waals surface area contributed by atoms with Crippen LogP contribution in [0.15, 0.2) is 73.6 Å². The molecule has 41 heavy (non-hydrogen) atoms. The van der Waals surface area contributed by atoms with E-state index in [0.717, 1.165) is 0 Å². The van der Waals surface area contributed by atoms with E-state index in [4.69, 9.17) is 23.0 Å². The summed E-state index contributed by atoms with van der Waals surface area (Å²) in [5.41, 5.74) is -1.19. The van der Waals surface area contributed by atoms with Crippen molar-refractivity contribution in [2.24, 2.45) is 0 Å². The van der Waals surface area contributed by atoms with Gasteiger partial charge in [0.05, 0.1) is 16.5 Å². The zero-order chi connectivity index (χ0) is 29.5. The topological polar surface area (TPSA) is 108 Å². The molecule has 4 aromatic rings. The van der Waals surface area contributed by atoms with Crippen molar-refractivity contribution in [3.05, 3.63) is 92.7 Å². The summed E-state index contributed by atoms with van der Waals surface area (Å²) in [6.07, 6.45) is 3.41. The molecule has 1 N–H and O–H groups in total. The summed E-state index contributed by atoms with van der Waals surface area (Å²) >= 11 is 0. The Bertz CT molecular complexity index is 1890. The number of hydrogen-bond donors (Lipinski definition) is 1. The predicted molar refractivity (Wildman–Crippen MR) is 156 cm³/mol. The van der Waals surface area contributed by atoms with Gasteiger partial charge in [-0.3, -0.25) is 0 Å². The highest BCUT2D eigenvalue weighted by Gasteiger charge is 2.47. The SMILES string of the molecule is C=CC(C)(C)c1c2c(c(OC3c4c(ccc5ccc(=O)oc45)OC(C)(C)C3O)c3ccc(=O)oc13)C=CC(C)(C)O2. The number of aliphatic hydroxyl groups is 1. The predicted octanol–water partition coefficient (Wildman–Crippen LogP) is 6.20. The molecule has 0 bridgehead atoms. The monoisotopic (exact) mass is 556 g/mol. The molecule has 0 fully saturated rings. The van der Waals surface area contributed by atoms with Crippen LogP contribution in [0.3, 0.4) is 0 Å². The Morgan fingerprint density at radius 1 is 0.951 bits per heavy atom. The number of hydrogen-bond acceptors (Lipinski definition) is 8. The fourth-order valence-corrected chi connectivity index (χ4v) is 5.53. The summed E-state index contributed by atoms with van der Waals surface area (Å²) in [5, 5.41) is 12.8. The van der Waals surface area contributed by atoms with E-state index in [2.05, 4.69) is 6.58 Å². The van der Waals surface area contributed by atoms with Gasteiger partial charge < -0.3 is 28.2 Å². The summed E-state index contributed by atoms with van der Waals surface area (Å²) in [6, 6.07) is 9.53. The van der Waals surface area contributed by atoms with Crippen molar-refractivity contribution in [2.75, 3.05) is 0 Å². The van der Waals surface area contributed by atoms with Crippen LogP contribution in [0.25, 0.3) is 28.0 Å². The lowest BCUT2D eigenvalue weighted by Gasteiger charge is -2.42. The zero-order valence-electron chi connectivity index (χ0n) is 23.9. The second-order valence-electron chi connectivity index (χ2n) is 12.2. The summed E-state index contributed by atoms with van der Waals surface area (Å²) in [4.78, 5) is 24.8. The van der Waals surface area contributed by atoms with E-state index < -0.39 is 40.1 Å². The minimum absolute atomic E-state index is 0.261. The van der Waals surface area contributed by atoms with E-state index in [-0.39, 0.29) is 5.58 Å². The number of fused-ring (bicyclic) bond motifs is 5. The van der Waals surface area contributed by atoms with Crippen molar-refractivity contribution in [3.63, 3.8) is 0 Å². The molecule has 8 nitrogen and oxygen atoms in total. The van der Waals surface area contributed by atoms with Crippen molar-refractivity contribution >= 4 is 28.0 Å². The quantitative estimate of drug-likeness (QED) is 0.234. The van der Waals surface area contributed by atoms with Gasteiger partial charge in [0.2, 0.25) is 0 Å². The Hall–Kier alpha value is -4.30. The van der Waals surface area contributed by atoms with Crippen LogP contribution < -0.4 is 25.5 Å². The molecule has 8 heteroatoms. The smallest absolute Gasteiger partial charge is 0.336 e. The molecule has 212 valence electrons. The highest BCUT2D eigenvalue weighted by molar-refractivity contribution is 5.95. The van der Waals surface area contributed by atoms with Gasteiger partial charge >= 0.3 is 11.3 Å².